The molecule has 4 nitrogen and oxygen atoms in total. The van der Waals surface area contributed by atoms with E-state index in [-0.39, 0.29) is 0 Å². The van der Waals surface area contributed by atoms with Crippen molar-refractivity contribution >= 4 is 5.84 Å². The predicted molar refractivity (Wildman–Crippen MR) is 69.0 cm³/mol. The zero-order valence-electron chi connectivity index (χ0n) is 11.2. The van der Waals surface area contributed by atoms with E-state index < -0.39 is 0 Å². The van der Waals surface area contributed by atoms with E-state index in [1.165, 1.54) is 19.3 Å². The highest BCUT2D eigenvalue weighted by atomic mass is 16.4. The van der Waals surface area contributed by atoms with Gasteiger partial charge in [0.1, 0.15) is 5.84 Å². The second kappa shape index (κ2) is 4.16. The standard InChI is InChI=1S/C13H25N3O/c1-12(2)9-4-6-13(3,8-9)11(12)15-7-5-10(14)16-17/h9,11,15,17H,4-8H2,1-3H3,(H2,14,16). The molecule has 0 radical (unpaired) electrons. The minimum Gasteiger partial charge on any atom is -0.409 e. The second-order valence-corrected chi connectivity index (χ2v) is 6.64. The minimum absolute atomic E-state index is 0.309. The Bertz CT molecular complexity index is 322. The van der Waals surface area contributed by atoms with E-state index >= 15 is 0 Å². The lowest BCUT2D eigenvalue weighted by Gasteiger charge is -2.43. The third kappa shape index (κ3) is 2.03. The van der Waals surface area contributed by atoms with Crippen LogP contribution in [0.25, 0.3) is 0 Å². The molecule has 0 aromatic carbocycles. The third-order valence-corrected chi connectivity index (χ3v) is 5.13. The summed E-state index contributed by atoms with van der Waals surface area (Å²) in [5.41, 5.74) is 6.31. The molecule has 2 saturated carbocycles. The molecule has 0 heterocycles. The maximum absolute atomic E-state index is 8.52. The Balaban J connectivity index is 1.96. The number of hydrogen-bond donors (Lipinski definition) is 3. The van der Waals surface area contributed by atoms with Crippen LogP contribution in [-0.4, -0.2) is 23.6 Å². The molecular formula is C13H25N3O. The van der Waals surface area contributed by atoms with Crippen LogP contribution in [0.5, 0.6) is 0 Å². The van der Waals surface area contributed by atoms with Crippen LogP contribution in [0.1, 0.15) is 46.5 Å². The molecule has 0 spiro atoms. The van der Waals surface area contributed by atoms with E-state index in [0.29, 0.717) is 29.1 Å². The van der Waals surface area contributed by atoms with Gasteiger partial charge in [-0.1, -0.05) is 25.9 Å². The molecule has 0 saturated heterocycles. The van der Waals surface area contributed by atoms with Crippen molar-refractivity contribution in [3.63, 3.8) is 0 Å². The summed E-state index contributed by atoms with van der Waals surface area (Å²) in [5.74, 6) is 1.16. The average Bonchev–Trinajstić information content (AvgIpc) is 2.73. The fourth-order valence-electron chi connectivity index (χ4n) is 4.21. The molecule has 0 aliphatic heterocycles. The second-order valence-electron chi connectivity index (χ2n) is 6.64. The largest absolute Gasteiger partial charge is 0.409 e. The molecule has 3 atom stereocenters. The van der Waals surface area contributed by atoms with E-state index in [0.717, 1.165) is 12.5 Å². The highest BCUT2D eigenvalue weighted by molar-refractivity contribution is 5.79. The zero-order chi connectivity index (χ0) is 12.7. The normalized spacial score (nSPS) is 39.8. The number of rotatable bonds is 4. The first-order valence-corrected chi connectivity index (χ1v) is 6.60. The summed E-state index contributed by atoms with van der Waals surface area (Å²) in [6.45, 7) is 7.96. The van der Waals surface area contributed by atoms with Gasteiger partial charge in [-0.05, 0) is 36.0 Å². The minimum atomic E-state index is 0.309. The Kier molecular flexibility index (Phi) is 3.10. The van der Waals surface area contributed by atoms with Crippen LogP contribution in [0.2, 0.25) is 0 Å². The van der Waals surface area contributed by atoms with E-state index in [4.69, 9.17) is 10.9 Å². The fourth-order valence-corrected chi connectivity index (χ4v) is 4.21. The van der Waals surface area contributed by atoms with Gasteiger partial charge in [-0.15, -0.1) is 0 Å². The smallest absolute Gasteiger partial charge is 0.140 e. The first-order valence-electron chi connectivity index (χ1n) is 6.60. The number of amidine groups is 1. The molecule has 4 N–H and O–H groups in total. The molecule has 98 valence electrons. The van der Waals surface area contributed by atoms with Crippen molar-refractivity contribution in [2.45, 2.75) is 52.5 Å². The molecule has 0 amide bonds. The summed E-state index contributed by atoms with van der Waals surface area (Å²) in [7, 11) is 0. The van der Waals surface area contributed by atoms with E-state index in [1.807, 2.05) is 0 Å². The maximum atomic E-state index is 8.52. The quantitative estimate of drug-likeness (QED) is 0.304. The van der Waals surface area contributed by atoms with E-state index in [2.05, 4.69) is 31.2 Å². The van der Waals surface area contributed by atoms with Crippen LogP contribution >= 0.6 is 0 Å². The molecule has 17 heavy (non-hydrogen) atoms. The predicted octanol–water partition coefficient (Wildman–Crippen LogP) is 1.93. The first-order chi connectivity index (χ1) is 7.90. The van der Waals surface area contributed by atoms with Crippen LogP contribution in [0.15, 0.2) is 5.16 Å². The van der Waals surface area contributed by atoms with Crippen LogP contribution in [0.4, 0.5) is 0 Å². The van der Waals surface area contributed by atoms with Gasteiger partial charge < -0.3 is 16.3 Å². The molecule has 2 aliphatic carbocycles. The SMILES string of the molecule is CC12CCC(C1)C(C)(C)C2NCCC(N)=NO. The van der Waals surface area contributed by atoms with Crippen molar-refractivity contribution in [1.82, 2.24) is 5.32 Å². The number of nitrogens with zero attached hydrogens (tertiary/aromatic N) is 1. The van der Waals surface area contributed by atoms with Gasteiger partial charge in [-0.25, -0.2) is 0 Å². The summed E-state index contributed by atoms with van der Waals surface area (Å²) in [6, 6.07) is 0.556. The van der Waals surface area contributed by atoms with Gasteiger partial charge in [0.2, 0.25) is 0 Å². The number of hydrogen-bond acceptors (Lipinski definition) is 3. The van der Waals surface area contributed by atoms with Crippen molar-refractivity contribution in [3.05, 3.63) is 0 Å². The van der Waals surface area contributed by atoms with Gasteiger partial charge >= 0.3 is 0 Å². The summed E-state index contributed by atoms with van der Waals surface area (Å²) in [5, 5.41) is 15.2. The molecule has 2 rings (SSSR count). The Hall–Kier alpha value is -0.770. The first kappa shape index (κ1) is 12.7. The van der Waals surface area contributed by atoms with E-state index in [1.54, 1.807) is 0 Å². The van der Waals surface area contributed by atoms with Gasteiger partial charge in [-0.3, -0.25) is 0 Å². The van der Waals surface area contributed by atoms with Gasteiger partial charge in [0, 0.05) is 19.0 Å². The molecule has 4 heteroatoms. The highest BCUT2D eigenvalue weighted by Gasteiger charge is 2.58. The van der Waals surface area contributed by atoms with Crippen LogP contribution in [-0.2, 0) is 0 Å². The molecule has 0 aromatic rings. The number of nitrogens with two attached hydrogens (primary N) is 1. The Morgan fingerprint density at radius 2 is 2.18 bits per heavy atom. The van der Waals surface area contributed by atoms with Crippen molar-refractivity contribution in [2.75, 3.05) is 6.54 Å². The van der Waals surface area contributed by atoms with Gasteiger partial charge in [-0.2, -0.15) is 0 Å². The summed E-state index contributed by atoms with van der Waals surface area (Å²) < 4.78 is 0. The highest BCUT2D eigenvalue weighted by Crippen LogP contribution is 2.62. The molecule has 0 aromatic heterocycles. The molecule has 2 aliphatic rings. The van der Waals surface area contributed by atoms with Crippen molar-refractivity contribution in [2.24, 2.45) is 27.6 Å². The summed E-state index contributed by atoms with van der Waals surface area (Å²) in [4.78, 5) is 0. The lowest BCUT2D eigenvalue weighted by molar-refractivity contribution is 0.110. The topological polar surface area (TPSA) is 70.6 Å². The molecule has 2 bridgehead atoms. The zero-order valence-corrected chi connectivity index (χ0v) is 11.2. The Labute approximate surface area is 104 Å². The Morgan fingerprint density at radius 3 is 2.71 bits per heavy atom. The summed E-state index contributed by atoms with van der Waals surface area (Å²) in [6.07, 6.45) is 4.68. The van der Waals surface area contributed by atoms with Gasteiger partial charge in [0.25, 0.3) is 0 Å². The fraction of sp³-hybridized carbons (Fsp3) is 0.923. The maximum Gasteiger partial charge on any atom is 0.140 e. The lowest BCUT2D eigenvalue weighted by atomic mass is 9.68. The Morgan fingerprint density at radius 1 is 1.47 bits per heavy atom. The number of oxime groups is 1. The van der Waals surface area contributed by atoms with Crippen LogP contribution in [0.3, 0.4) is 0 Å². The summed E-state index contributed by atoms with van der Waals surface area (Å²) >= 11 is 0. The van der Waals surface area contributed by atoms with Crippen molar-refractivity contribution < 1.29 is 5.21 Å². The number of nitrogens with one attached hydrogen (secondary N) is 1. The third-order valence-electron chi connectivity index (χ3n) is 5.13. The van der Waals surface area contributed by atoms with Gasteiger partial charge in [0.15, 0.2) is 0 Å². The average molecular weight is 239 g/mol. The van der Waals surface area contributed by atoms with Crippen molar-refractivity contribution in [3.8, 4) is 0 Å². The van der Waals surface area contributed by atoms with Crippen molar-refractivity contribution in [1.29, 1.82) is 0 Å². The monoisotopic (exact) mass is 239 g/mol. The van der Waals surface area contributed by atoms with Gasteiger partial charge in [0.05, 0.1) is 0 Å². The molecular weight excluding hydrogens is 214 g/mol. The molecule has 3 unspecified atom stereocenters. The molecule has 2 fully saturated rings. The van der Waals surface area contributed by atoms with Crippen LogP contribution < -0.4 is 11.1 Å². The van der Waals surface area contributed by atoms with Crippen LogP contribution in [0, 0.1) is 16.7 Å². The number of fused-ring (bicyclic) bond motifs is 2. The lowest BCUT2D eigenvalue weighted by Crippen LogP contribution is -2.50. The van der Waals surface area contributed by atoms with E-state index in [9.17, 15) is 0 Å².